The van der Waals surface area contributed by atoms with Gasteiger partial charge in [0, 0.05) is 25.0 Å². The predicted molar refractivity (Wildman–Crippen MR) is 108 cm³/mol. The molecule has 150 valence electrons. The number of hydrogen-bond donors (Lipinski definition) is 2. The molecule has 1 atom stereocenters. The minimum atomic E-state index is -0.535. The van der Waals surface area contributed by atoms with Crippen molar-refractivity contribution in [3.05, 3.63) is 57.0 Å². The summed E-state index contributed by atoms with van der Waals surface area (Å²) in [5.41, 5.74) is 2.17. The van der Waals surface area contributed by atoms with Gasteiger partial charge in [0.15, 0.2) is 0 Å². The SMILES string of the molecule is Cc1cc(C)n(C)c(=O)c1C(=O)Nc1ccc2c(c1)C(=O)N1CCC[C@H]1C(=O)N2. The number of nitrogens with one attached hydrogen (secondary N) is 2. The van der Waals surface area contributed by atoms with Crippen molar-refractivity contribution in [2.45, 2.75) is 32.7 Å². The fourth-order valence-electron chi connectivity index (χ4n) is 4.01. The first-order valence-corrected chi connectivity index (χ1v) is 9.52. The molecule has 0 bridgehead atoms. The normalized spacial score (nSPS) is 18.0. The van der Waals surface area contributed by atoms with E-state index >= 15 is 0 Å². The number of aryl methyl sites for hydroxylation is 2. The first-order chi connectivity index (χ1) is 13.8. The lowest BCUT2D eigenvalue weighted by atomic mass is 10.1. The van der Waals surface area contributed by atoms with E-state index in [1.165, 1.54) is 4.57 Å². The first-order valence-electron chi connectivity index (χ1n) is 9.52. The Kier molecular flexibility index (Phi) is 4.49. The molecule has 29 heavy (non-hydrogen) atoms. The van der Waals surface area contributed by atoms with E-state index in [9.17, 15) is 19.2 Å². The number of rotatable bonds is 2. The molecular weight excluding hydrogens is 372 g/mol. The molecule has 1 saturated heterocycles. The zero-order chi connectivity index (χ0) is 20.9. The summed E-state index contributed by atoms with van der Waals surface area (Å²) in [6.45, 7) is 4.05. The van der Waals surface area contributed by atoms with E-state index in [-0.39, 0.29) is 22.9 Å². The highest BCUT2D eigenvalue weighted by molar-refractivity contribution is 6.11. The number of carbonyl (C=O) groups excluding carboxylic acids is 3. The zero-order valence-corrected chi connectivity index (χ0v) is 16.5. The molecule has 2 N–H and O–H groups in total. The molecule has 2 aliphatic rings. The van der Waals surface area contributed by atoms with Crippen LogP contribution < -0.4 is 16.2 Å². The Morgan fingerprint density at radius 1 is 1.17 bits per heavy atom. The summed E-state index contributed by atoms with van der Waals surface area (Å²) < 4.78 is 1.42. The molecular formula is C21H22N4O4. The van der Waals surface area contributed by atoms with Gasteiger partial charge >= 0.3 is 0 Å². The van der Waals surface area contributed by atoms with Gasteiger partial charge in [-0.05, 0) is 56.5 Å². The molecule has 2 aromatic rings. The molecule has 0 saturated carbocycles. The fourth-order valence-corrected chi connectivity index (χ4v) is 4.01. The second-order valence-corrected chi connectivity index (χ2v) is 7.57. The van der Waals surface area contributed by atoms with Crippen LogP contribution in [0.5, 0.6) is 0 Å². The summed E-state index contributed by atoms with van der Waals surface area (Å²) >= 11 is 0. The predicted octanol–water partition coefficient (Wildman–Crippen LogP) is 1.81. The number of hydrogen-bond acceptors (Lipinski definition) is 4. The Morgan fingerprint density at radius 2 is 1.93 bits per heavy atom. The molecule has 0 radical (unpaired) electrons. The van der Waals surface area contributed by atoms with Crippen molar-refractivity contribution < 1.29 is 14.4 Å². The molecule has 1 aromatic carbocycles. The van der Waals surface area contributed by atoms with Crippen molar-refractivity contribution in [2.24, 2.45) is 7.05 Å². The lowest BCUT2D eigenvalue weighted by Gasteiger charge is -2.20. The number of aromatic nitrogens is 1. The minimum absolute atomic E-state index is 0.0623. The average Bonchev–Trinajstić information content (AvgIpc) is 3.13. The van der Waals surface area contributed by atoms with Crippen LogP contribution in [0.25, 0.3) is 0 Å². The van der Waals surface area contributed by atoms with Gasteiger partial charge < -0.3 is 20.1 Å². The lowest BCUT2D eigenvalue weighted by Crippen LogP contribution is -2.40. The highest BCUT2D eigenvalue weighted by Gasteiger charge is 2.38. The largest absolute Gasteiger partial charge is 0.327 e. The van der Waals surface area contributed by atoms with Crippen LogP contribution in [0.3, 0.4) is 0 Å². The van der Waals surface area contributed by atoms with E-state index in [0.29, 0.717) is 35.5 Å². The van der Waals surface area contributed by atoms with E-state index in [1.54, 1.807) is 50.1 Å². The maximum atomic E-state index is 12.9. The third-order valence-corrected chi connectivity index (χ3v) is 5.68. The van der Waals surface area contributed by atoms with Crippen LogP contribution in [-0.2, 0) is 11.8 Å². The molecule has 1 fully saturated rings. The Labute approximate surface area is 167 Å². The summed E-state index contributed by atoms with van der Waals surface area (Å²) in [4.78, 5) is 52.2. The quantitative estimate of drug-likeness (QED) is 0.811. The molecule has 0 aliphatic carbocycles. The van der Waals surface area contributed by atoms with Gasteiger partial charge in [0.1, 0.15) is 11.6 Å². The minimum Gasteiger partial charge on any atom is -0.327 e. The third-order valence-electron chi connectivity index (χ3n) is 5.68. The third kappa shape index (κ3) is 3.10. The monoisotopic (exact) mass is 394 g/mol. The van der Waals surface area contributed by atoms with Crippen molar-refractivity contribution in [1.29, 1.82) is 0 Å². The highest BCUT2D eigenvalue weighted by Crippen LogP contribution is 2.30. The fraction of sp³-hybridized carbons (Fsp3) is 0.333. The van der Waals surface area contributed by atoms with Crippen LogP contribution in [0.1, 0.15) is 44.8 Å². The Balaban J connectivity index is 1.67. The van der Waals surface area contributed by atoms with Gasteiger partial charge in [-0.3, -0.25) is 19.2 Å². The number of fused-ring (bicyclic) bond motifs is 2. The molecule has 8 nitrogen and oxygen atoms in total. The second-order valence-electron chi connectivity index (χ2n) is 7.57. The highest BCUT2D eigenvalue weighted by atomic mass is 16.2. The van der Waals surface area contributed by atoms with Gasteiger partial charge in [0.25, 0.3) is 17.4 Å². The van der Waals surface area contributed by atoms with Crippen molar-refractivity contribution >= 4 is 29.1 Å². The van der Waals surface area contributed by atoms with Crippen molar-refractivity contribution in [2.75, 3.05) is 17.2 Å². The molecule has 4 rings (SSSR count). The second kappa shape index (κ2) is 6.88. The zero-order valence-electron chi connectivity index (χ0n) is 16.5. The van der Waals surface area contributed by atoms with Crippen molar-refractivity contribution in [3.63, 3.8) is 0 Å². The molecule has 1 aromatic heterocycles. The van der Waals surface area contributed by atoms with E-state index < -0.39 is 11.9 Å². The van der Waals surface area contributed by atoms with Crippen LogP contribution >= 0.6 is 0 Å². The molecule has 3 heterocycles. The number of carbonyl (C=O) groups is 3. The molecule has 0 spiro atoms. The Bertz CT molecular complexity index is 1120. The van der Waals surface area contributed by atoms with Crippen LogP contribution in [0.15, 0.2) is 29.1 Å². The summed E-state index contributed by atoms with van der Waals surface area (Å²) in [6, 6.07) is 6.08. The van der Waals surface area contributed by atoms with Gasteiger partial charge in [-0.1, -0.05) is 0 Å². The maximum Gasteiger partial charge on any atom is 0.263 e. The topological polar surface area (TPSA) is 101 Å². The van der Waals surface area contributed by atoms with E-state index in [0.717, 1.165) is 12.1 Å². The van der Waals surface area contributed by atoms with Gasteiger partial charge in [-0.15, -0.1) is 0 Å². The standard InChI is InChI=1S/C21H22N4O4/c1-11-9-12(2)24(3)21(29)17(11)19(27)22-13-6-7-15-14(10-13)20(28)25-8-4-5-16(25)18(26)23-15/h6-7,9-10,16H,4-5,8H2,1-3H3,(H,22,27)(H,23,26)/t16-/m0/s1. The molecule has 8 heteroatoms. The van der Waals surface area contributed by atoms with E-state index in [4.69, 9.17) is 0 Å². The average molecular weight is 394 g/mol. The van der Waals surface area contributed by atoms with E-state index in [1.807, 2.05) is 0 Å². The number of anilines is 2. The van der Waals surface area contributed by atoms with Gasteiger partial charge in [-0.25, -0.2) is 0 Å². The smallest absolute Gasteiger partial charge is 0.263 e. The summed E-state index contributed by atoms with van der Waals surface area (Å²) in [5.74, 6) is -0.961. The van der Waals surface area contributed by atoms with Crippen LogP contribution in [0.4, 0.5) is 11.4 Å². The number of amides is 3. The molecule has 0 unspecified atom stereocenters. The lowest BCUT2D eigenvalue weighted by molar-refractivity contribution is -0.119. The van der Waals surface area contributed by atoms with Gasteiger partial charge in [-0.2, -0.15) is 0 Å². The molecule has 3 amide bonds. The summed E-state index contributed by atoms with van der Waals surface area (Å²) in [6.07, 6.45) is 1.43. The van der Waals surface area contributed by atoms with Gasteiger partial charge in [0.2, 0.25) is 5.91 Å². The van der Waals surface area contributed by atoms with Crippen molar-refractivity contribution in [3.8, 4) is 0 Å². The van der Waals surface area contributed by atoms with Crippen LogP contribution in [0.2, 0.25) is 0 Å². The first kappa shape index (κ1) is 18.9. The number of pyridine rings is 1. The van der Waals surface area contributed by atoms with Crippen LogP contribution in [0, 0.1) is 13.8 Å². The summed E-state index contributed by atoms with van der Waals surface area (Å²) in [7, 11) is 1.62. The maximum absolute atomic E-state index is 12.9. The van der Waals surface area contributed by atoms with Gasteiger partial charge in [0.05, 0.1) is 11.3 Å². The van der Waals surface area contributed by atoms with Crippen LogP contribution in [-0.4, -0.2) is 39.8 Å². The Hall–Kier alpha value is -3.42. The van der Waals surface area contributed by atoms with E-state index in [2.05, 4.69) is 10.6 Å². The Morgan fingerprint density at radius 3 is 2.69 bits per heavy atom. The molecule has 2 aliphatic heterocycles. The summed E-state index contributed by atoms with van der Waals surface area (Å²) in [5, 5.41) is 5.51. The number of nitrogens with zero attached hydrogens (tertiary/aromatic N) is 2. The number of benzene rings is 1. The van der Waals surface area contributed by atoms with Crippen molar-refractivity contribution in [1.82, 2.24) is 9.47 Å².